The highest BCUT2D eigenvalue weighted by Gasteiger charge is 2.48. The molecular formula is C17H16ClN3O3. The van der Waals surface area contributed by atoms with Crippen molar-refractivity contribution in [3.05, 3.63) is 28.8 Å². The number of benzene rings is 1. The second kappa shape index (κ2) is 6.62. The summed E-state index contributed by atoms with van der Waals surface area (Å²) >= 11 is 5.92. The first-order valence-electron chi connectivity index (χ1n) is 7.86. The second-order valence-corrected chi connectivity index (χ2v) is 6.52. The van der Waals surface area contributed by atoms with Gasteiger partial charge in [0.05, 0.1) is 22.4 Å². The molecule has 3 amide bonds. The molecule has 1 aliphatic carbocycles. The van der Waals surface area contributed by atoms with E-state index in [2.05, 4.69) is 5.32 Å². The quantitative estimate of drug-likeness (QED) is 0.851. The Morgan fingerprint density at radius 3 is 2.42 bits per heavy atom. The van der Waals surface area contributed by atoms with Crippen LogP contribution < -0.4 is 5.32 Å². The SMILES string of the molecule is N#Cc1ccc(NC(=O)CN2C(=O)[C@H]3CCCC[C@H]3C2=O)cc1Cl. The Morgan fingerprint density at radius 2 is 1.88 bits per heavy atom. The van der Waals surface area contributed by atoms with Gasteiger partial charge in [-0.3, -0.25) is 19.3 Å². The van der Waals surface area contributed by atoms with E-state index in [1.54, 1.807) is 6.07 Å². The Hall–Kier alpha value is -2.39. The largest absolute Gasteiger partial charge is 0.324 e. The van der Waals surface area contributed by atoms with E-state index in [1.165, 1.54) is 12.1 Å². The number of nitrogens with one attached hydrogen (secondary N) is 1. The van der Waals surface area contributed by atoms with E-state index in [0.29, 0.717) is 11.3 Å². The van der Waals surface area contributed by atoms with Crippen LogP contribution in [0.5, 0.6) is 0 Å². The molecule has 1 N–H and O–H groups in total. The molecule has 1 saturated carbocycles. The van der Waals surface area contributed by atoms with Gasteiger partial charge in [0, 0.05) is 5.69 Å². The van der Waals surface area contributed by atoms with E-state index in [1.807, 2.05) is 6.07 Å². The Kier molecular flexibility index (Phi) is 4.54. The number of likely N-dealkylation sites (tertiary alicyclic amines) is 1. The van der Waals surface area contributed by atoms with Gasteiger partial charge < -0.3 is 5.32 Å². The van der Waals surface area contributed by atoms with Crippen LogP contribution in [0.3, 0.4) is 0 Å². The van der Waals surface area contributed by atoms with E-state index in [9.17, 15) is 14.4 Å². The Balaban J connectivity index is 1.67. The summed E-state index contributed by atoms with van der Waals surface area (Å²) in [4.78, 5) is 37.9. The lowest BCUT2D eigenvalue weighted by atomic mass is 9.81. The maximum Gasteiger partial charge on any atom is 0.244 e. The number of hydrogen-bond acceptors (Lipinski definition) is 4. The molecule has 0 aromatic heterocycles. The number of nitrogens with zero attached hydrogens (tertiary/aromatic N) is 2. The lowest BCUT2D eigenvalue weighted by Crippen LogP contribution is -2.38. The molecule has 0 spiro atoms. The van der Waals surface area contributed by atoms with Gasteiger partial charge in [0.25, 0.3) is 0 Å². The van der Waals surface area contributed by atoms with Gasteiger partial charge in [-0.05, 0) is 31.0 Å². The van der Waals surface area contributed by atoms with Gasteiger partial charge in [0.2, 0.25) is 17.7 Å². The van der Waals surface area contributed by atoms with Gasteiger partial charge in [-0.1, -0.05) is 24.4 Å². The Morgan fingerprint density at radius 1 is 1.25 bits per heavy atom. The van der Waals surface area contributed by atoms with Crippen molar-refractivity contribution in [3.63, 3.8) is 0 Å². The van der Waals surface area contributed by atoms with Gasteiger partial charge in [-0.15, -0.1) is 0 Å². The summed E-state index contributed by atoms with van der Waals surface area (Å²) in [5.41, 5.74) is 0.726. The highest BCUT2D eigenvalue weighted by Crippen LogP contribution is 2.37. The first-order chi connectivity index (χ1) is 11.5. The van der Waals surface area contributed by atoms with Crippen molar-refractivity contribution in [3.8, 4) is 6.07 Å². The van der Waals surface area contributed by atoms with Crippen molar-refractivity contribution in [2.45, 2.75) is 25.7 Å². The minimum absolute atomic E-state index is 0.231. The van der Waals surface area contributed by atoms with Crippen LogP contribution in [0, 0.1) is 23.2 Å². The van der Waals surface area contributed by atoms with Crippen LogP contribution in [0.2, 0.25) is 5.02 Å². The summed E-state index contributed by atoms with van der Waals surface area (Å²) in [5.74, 6) is -1.46. The number of rotatable bonds is 3. The molecule has 0 bridgehead atoms. The minimum Gasteiger partial charge on any atom is -0.324 e. The smallest absolute Gasteiger partial charge is 0.244 e. The number of amides is 3. The maximum absolute atomic E-state index is 12.3. The average molecular weight is 346 g/mol. The van der Waals surface area contributed by atoms with E-state index >= 15 is 0 Å². The van der Waals surface area contributed by atoms with Crippen LogP contribution in [-0.4, -0.2) is 29.2 Å². The molecule has 24 heavy (non-hydrogen) atoms. The third-order valence-electron chi connectivity index (χ3n) is 4.61. The predicted molar refractivity (Wildman–Crippen MR) is 87.0 cm³/mol. The zero-order chi connectivity index (χ0) is 17.3. The maximum atomic E-state index is 12.3. The van der Waals surface area contributed by atoms with Gasteiger partial charge >= 0.3 is 0 Å². The summed E-state index contributed by atoms with van der Waals surface area (Å²) < 4.78 is 0. The number of hydrogen-bond donors (Lipinski definition) is 1. The fraction of sp³-hybridized carbons (Fsp3) is 0.412. The van der Waals surface area contributed by atoms with Gasteiger partial charge in [-0.2, -0.15) is 5.26 Å². The van der Waals surface area contributed by atoms with Crippen LogP contribution in [0.15, 0.2) is 18.2 Å². The first-order valence-corrected chi connectivity index (χ1v) is 8.24. The van der Waals surface area contributed by atoms with E-state index in [0.717, 1.165) is 30.6 Å². The molecule has 1 aromatic carbocycles. The predicted octanol–water partition coefficient (Wildman–Crippen LogP) is 2.33. The molecule has 0 radical (unpaired) electrons. The number of anilines is 1. The van der Waals surface area contributed by atoms with Crippen molar-refractivity contribution in [1.82, 2.24) is 4.90 Å². The lowest BCUT2D eigenvalue weighted by Gasteiger charge is -2.19. The van der Waals surface area contributed by atoms with Crippen LogP contribution in [0.4, 0.5) is 5.69 Å². The second-order valence-electron chi connectivity index (χ2n) is 6.11. The summed E-state index contributed by atoms with van der Waals surface area (Å²) in [6.07, 6.45) is 3.34. The van der Waals surface area contributed by atoms with Gasteiger partial charge in [0.1, 0.15) is 12.6 Å². The highest BCUT2D eigenvalue weighted by molar-refractivity contribution is 6.32. The molecule has 2 fully saturated rings. The molecule has 2 atom stereocenters. The lowest BCUT2D eigenvalue weighted by molar-refractivity contribution is -0.142. The summed E-state index contributed by atoms with van der Waals surface area (Å²) in [5, 5.41) is 11.7. The summed E-state index contributed by atoms with van der Waals surface area (Å²) in [6, 6.07) is 6.45. The van der Waals surface area contributed by atoms with Crippen LogP contribution in [0.25, 0.3) is 0 Å². The molecule has 1 saturated heterocycles. The Labute approximate surface area is 144 Å². The molecule has 0 unspecified atom stereocenters. The van der Waals surface area contributed by atoms with Crippen molar-refractivity contribution >= 4 is 35.0 Å². The molecule has 2 aliphatic rings. The van der Waals surface area contributed by atoms with Crippen molar-refractivity contribution < 1.29 is 14.4 Å². The number of carbonyl (C=O) groups is 3. The fourth-order valence-corrected chi connectivity index (χ4v) is 3.64. The molecule has 7 heteroatoms. The molecule has 1 aliphatic heterocycles. The van der Waals surface area contributed by atoms with E-state index < -0.39 is 5.91 Å². The minimum atomic E-state index is -0.462. The van der Waals surface area contributed by atoms with Crippen LogP contribution >= 0.6 is 11.6 Å². The van der Waals surface area contributed by atoms with Gasteiger partial charge in [0.15, 0.2) is 0 Å². The van der Waals surface area contributed by atoms with Crippen LogP contribution in [0.1, 0.15) is 31.2 Å². The third-order valence-corrected chi connectivity index (χ3v) is 4.92. The zero-order valence-electron chi connectivity index (χ0n) is 12.9. The number of carbonyl (C=O) groups excluding carboxylic acids is 3. The van der Waals surface area contributed by atoms with E-state index in [-0.39, 0.29) is 35.2 Å². The molecule has 6 nitrogen and oxygen atoms in total. The normalized spacial score (nSPS) is 22.9. The van der Waals surface area contributed by atoms with Crippen LogP contribution in [-0.2, 0) is 14.4 Å². The molecule has 124 valence electrons. The molecule has 1 aromatic rings. The van der Waals surface area contributed by atoms with Crippen molar-refractivity contribution in [1.29, 1.82) is 5.26 Å². The topological polar surface area (TPSA) is 90.3 Å². The van der Waals surface area contributed by atoms with Crippen molar-refractivity contribution in [2.75, 3.05) is 11.9 Å². The number of nitriles is 1. The number of fused-ring (bicyclic) bond motifs is 1. The fourth-order valence-electron chi connectivity index (χ4n) is 3.41. The summed E-state index contributed by atoms with van der Waals surface area (Å²) in [6.45, 7) is -0.289. The molecule has 3 rings (SSSR count). The molecular weight excluding hydrogens is 330 g/mol. The first kappa shape index (κ1) is 16.5. The zero-order valence-corrected chi connectivity index (χ0v) is 13.7. The highest BCUT2D eigenvalue weighted by atomic mass is 35.5. The van der Waals surface area contributed by atoms with Crippen molar-refractivity contribution in [2.24, 2.45) is 11.8 Å². The standard InChI is InChI=1S/C17H16ClN3O3/c18-14-7-11(6-5-10(14)8-19)20-15(22)9-21-16(23)12-3-1-2-4-13(12)17(21)24/h5-7,12-13H,1-4,9H2,(H,20,22)/t12-,13+. The summed E-state index contributed by atoms with van der Waals surface area (Å²) in [7, 11) is 0. The average Bonchev–Trinajstić information content (AvgIpc) is 2.80. The molecule has 1 heterocycles. The van der Waals surface area contributed by atoms with E-state index in [4.69, 9.17) is 16.9 Å². The van der Waals surface area contributed by atoms with Gasteiger partial charge in [-0.25, -0.2) is 0 Å². The number of imide groups is 1. The monoisotopic (exact) mass is 345 g/mol. The third kappa shape index (κ3) is 3.00. The number of halogens is 1. The Bertz CT molecular complexity index is 732.